The van der Waals surface area contributed by atoms with Crippen LogP contribution in [0.2, 0.25) is 0 Å². The van der Waals surface area contributed by atoms with E-state index in [1.807, 2.05) is 0 Å². The van der Waals surface area contributed by atoms with Gasteiger partial charge in [-0.1, -0.05) is 24.3 Å². The van der Waals surface area contributed by atoms with Crippen LogP contribution >= 0.6 is 0 Å². The third-order valence-electron chi connectivity index (χ3n) is 4.87. The van der Waals surface area contributed by atoms with Crippen LogP contribution in [-0.2, 0) is 0 Å². The molecule has 27 heavy (non-hydrogen) atoms. The first-order valence-corrected chi connectivity index (χ1v) is 9.20. The van der Waals surface area contributed by atoms with Crippen molar-refractivity contribution in [3.8, 4) is 0 Å². The molecule has 2 amide bonds. The summed E-state index contributed by atoms with van der Waals surface area (Å²) in [6, 6.07) is 11.0. The van der Waals surface area contributed by atoms with Gasteiger partial charge < -0.3 is 16.0 Å². The third-order valence-corrected chi connectivity index (χ3v) is 4.87. The fourth-order valence-corrected chi connectivity index (χ4v) is 3.29. The number of hydrogen-bond acceptors (Lipinski definition) is 3. The van der Waals surface area contributed by atoms with Gasteiger partial charge in [0.05, 0.1) is 16.8 Å². The summed E-state index contributed by atoms with van der Waals surface area (Å²) in [5.41, 5.74) is 1.48. The van der Waals surface area contributed by atoms with Crippen LogP contribution in [0.3, 0.4) is 0 Å². The molecule has 2 aromatic carbocycles. The molecule has 2 aromatic rings. The van der Waals surface area contributed by atoms with Crippen molar-refractivity contribution >= 4 is 17.5 Å². The van der Waals surface area contributed by atoms with Crippen molar-refractivity contribution < 1.29 is 14.0 Å². The normalized spacial score (nSPS) is 16.1. The van der Waals surface area contributed by atoms with Crippen molar-refractivity contribution in [2.24, 2.45) is 5.92 Å². The highest BCUT2D eigenvalue weighted by Crippen LogP contribution is 2.22. The molecule has 3 rings (SSSR count). The van der Waals surface area contributed by atoms with E-state index in [1.165, 1.54) is 18.2 Å². The van der Waals surface area contributed by atoms with Crippen LogP contribution in [0.25, 0.3) is 0 Å². The Bertz CT molecular complexity index is 832. The highest BCUT2D eigenvalue weighted by molar-refractivity contribution is 6.09. The Morgan fingerprint density at radius 3 is 2.63 bits per heavy atom. The van der Waals surface area contributed by atoms with Gasteiger partial charge in [-0.15, -0.1) is 0 Å². The minimum absolute atomic E-state index is 0.0548. The minimum atomic E-state index is -0.597. The molecule has 1 unspecified atom stereocenters. The summed E-state index contributed by atoms with van der Waals surface area (Å²) >= 11 is 0. The van der Waals surface area contributed by atoms with Crippen molar-refractivity contribution in [1.29, 1.82) is 0 Å². The molecule has 0 radical (unpaired) electrons. The van der Waals surface area contributed by atoms with Crippen LogP contribution < -0.4 is 16.0 Å². The number of carbonyl (C=O) groups is 2. The molecule has 1 saturated heterocycles. The summed E-state index contributed by atoms with van der Waals surface area (Å²) in [6.07, 6.45) is 2.05. The van der Waals surface area contributed by atoms with E-state index in [-0.39, 0.29) is 11.5 Å². The van der Waals surface area contributed by atoms with Crippen molar-refractivity contribution in [2.75, 3.05) is 25.0 Å². The first-order chi connectivity index (χ1) is 13.1. The van der Waals surface area contributed by atoms with Gasteiger partial charge in [-0.2, -0.15) is 0 Å². The lowest BCUT2D eigenvalue weighted by atomic mass is 10.0. The van der Waals surface area contributed by atoms with Crippen LogP contribution in [0, 0.1) is 18.7 Å². The quantitative estimate of drug-likeness (QED) is 0.733. The second-order valence-electron chi connectivity index (χ2n) is 6.83. The van der Waals surface area contributed by atoms with Crippen molar-refractivity contribution in [2.45, 2.75) is 19.8 Å². The molecule has 0 aliphatic carbocycles. The largest absolute Gasteiger partial charge is 0.352 e. The number of rotatable bonds is 6. The molecule has 1 atom stereocenters. The van der Waals surface area contributed by atoms with Gasteiger partial charge in [-0.05, 0) is 62.5 Å². The molecule has 1 aliphatic heterocycles. The molecule has 142 valence electrons. The molecule has 6 heteroatoms. The van der Waals surface area contributed by atoms with Gasteiger partial charge in [0.1, 0.15) is 5.82 Å². The smallest absolute Gasteiger partial charge is 0.258 e. The van der Waals surface area contributed by atoms with Crippen molar-refractivity contribution in [3.63, 3.8) is 0 Å². The van der Waals surface area contributed by atoms with Crippen LogP contribution in [-0.4, -0.2) is 31.4 Å². The zero-order chi connectivity index (χ0) is 19.2. The zero-order valence-electron chi connectivity index (χ0n) is 15.3. The lowest BCUT2D eigenvalue weighted by molar-refractivity contribution is 0.0952. The predicted octanol–water partition coefficient (Wildman–Crippen LogP) is 3.12. The molecule has 0 bridgehead atoms. The van der Waals surface area contributed by atoms with E-state index in [0.29, 0.717) is 23.7 Å². The fraction of sp³-hybridized carbons (Fsp3) is 0.333. The SMILES string of the molecule is Cc1cccc(C(=O)NCCC2CCNC2)c1NC(=O)c1ccccc1F. The molecule has 5 nitrogen and oxygen atoms in total. The Morgan fingerprint density at radius 1 is 1.11 bits per heavy atom. The summed E-state index contributed by atoms with van der Waals surface area (Å²) in [7, 11) is 0. The first-order valence-electron chi connectivity index (χ1n) is 9.20. The Balaban J connectivity index is 1.71. The number of hydrogen-bond donors (Lipinski definition) is 3. The van der Waals surface area contributed by atoms with Crippen molar-refractivity contribution in [3.05, 3.63) is 65.0 Å². The monoisotopic (exact) mass is 369 g/mol. The van der Waals surface area contributed by atoms with E-state index < -0.39 is 11.7 Å². The number of halogens is 1. The first kappa shape index (κ1) is 19.0. The van der Waals surface area contributed by atoms with Crippen LogP contribution in [0.5, 0.6) is 0 Å². The topological polar surface area (TPSA) is 70.2 Å². The maximum atomic E-state index is 13.9. The number of nitrogens with one attached hydrogen (secondary N) is 3. The van der Waals surface area contributed by atoms with Gasteiger partial charge in [0, 0.05) is 6.54 Å². The summed E-state index contributed by atoms with van der Waals surface area (Å²) in [5.74, 6) is -0.829. The van der Waals surface area contributed by atoms with Gasteiger partial charge in [-0.3, -0.25) is 9.59 Å². The van der Waals surface area contributed by atoms with Crippen LogP contribution in [0.15, 0.2) is 42.5 Å². The average Bonchev–Trinajstić information content (AvgIpc) is 3.17. The number of amides is 2. The van der Waals surface area contributed by atoms with E-state index in [0.717, 1.165) is 31.5 Å². The third kappa shape index (κ3) is 4.71. The van der Waals surface area contributed by atoms with E-state index in [2.05, 4.69) is 16.0 Å². The Kier molecular flexibility index (Phi) is 6.19. The highest BCUT2D eigenvalue weighted by atomic mass is 19.1. The second kappa shape index (κ2) is 8.77. The summed E-state index contributed by atoms with van der Waals surface area (Å²) in [6.45, 7) is 4.41. The lowest BCUT2D eigenvalue weighted by Gasteiger charge is -2.15. The maximum absolute atomic E-state index is 13.9. The molecule has 0 aromatic heterocycles. The number of carbonyl (C=O) groups excluding carboxylic acids is 2. The van der Waals surface area contributed by atoms with Crippen LogP contribution in [0.4, 0.5) is 10.1 Å². The average molecular weight is 369 g/mol. The predicted molar refractivity (Wildman–Crippen MR) is 103 cm³/mol. The summed E-state index contributed by atoms with van der Waals surface area (Å²) in [5, 5.41) is 8.93. The summed E-state index contributed by atoms with van der Waals surface area (Å²) < 4.78 is 13.9. The van der Waals surface area contributed by atoms with Gasteiger partial charge in [-0.25, -0.2) is 4.39 Å². The minimum Gasteiger partial charge on any atom is -0.352 e. The molecular weight excluding hydrogens is 345 g/mol. The van der Waals surface area contributed by atoms with E-state index in [9.17, 15) is 14.0 Å². The Labute approximate surface area is 158 Å². The van der Waals surface area contributed by atoms with Crippen molar-refractivity contribution in [1.82, 2.24) is 10.6 Å². The fourth-order valence-electron chi connectivity index (χ4n) is 3.29. The number of benzene rings is 2. The van der Waals surface area contributed by atoms with Gasteiger partial charge in [0.2, 0.25) is 0 Å². The lowest BCUT2D eigenvalue weighted by Crippen LogP contribution is -2.28. The highest BCUT2D eigenvalue weighted by Gasteiger charge is 2.19. The Morgan fingerprint density at radius 2 is 1.89 bits per heavy atom. The van der Waals surface area contributed by atoms with E-state index in [1.54, 1.807) is 31.2 Å². The van der Waals surface area contributed by atoms with Crippen LogP contribution in [0.1, 0.15) is 39.1 Å². The molecular formula is C21H24FN3O2. The van der Waals surface area contributed by atoms with Gasteiger partial charge in [0.25, 0.3) is 11.8 Å². The number of anilines is 1. The van der Waals surface area contributed by atoms with E-state index >= 15 is 0 Å². The van der Waals surface area contributed by atoms with E-state index in [4.69, 9.17) is 0 Å². The standard InChI is InChI=1S/C21H24FN3O2/c1-14-5-4-7-17(20(26)24-12-10-15-9-11-23-13-15)19(14)25-21(27)16-6-2-3-8-18(16)22/h2-8,15,23H,9-13H2,1H3,(H,24,26)(H,25,27). The molecule has 0 spiro atoms. The second-order valence-corrected chi connectivity index (χ2v) is 6.83. The molecule has 1 aliphatic rings. The number of para-hydroxylation sites is 1. The molecule has 1 fully saturated rings. The summed E-state index contributed by atoms with van der Waals surface area (Å²) in [4.78, 5) is 25.1. The maximum Gasteiger partial charge on any atom is 0.258 e. The number of aryl methyl sites for hydroxylation is 1. The molecule has 3 N–H and O–H groups in total. The zero-order valence-corrected chi connectivity index (χ0v) is 15.3. The molecule has 0 saturated carbocycles. The molecule has 1 heterocycles. The van der Waals surface area contributed by atoms with Gasteiger partial charge in [0.15, 0.2) is 0 Å². The van der Waals surface area contributed by atoms with Gasteiger partial charge >= 0.3 is 0 Å². The Hall–Kier alpha value is -2.73.